The molecule has 106 valence electrons. The molecule has 0 bridgehead atoms. The van der Waals surface area contributed by atoms with Crippen molar-refractivity contribution in [3.05, 3.63) is 16.1 Å². The molecule has 0 radical (unpaired) electrons. The van der Waals surface area contributed by atoms with Crippen LogP contribution < -0.4 is 5.32 Å². The Labute approximate surface area is 117 Å². The Hall–Kier alpha value is -1.43. The number of hydrogen-bond acceptors (Lipinski definition) is 4. The Morgan fingerprint density at radius 1 is 1.47 bits per heavy atom. The summed E-state index contributed by atoms with van der Waals surface area (Å²) in [6.07, 6.45) is 0.803. The Kier molecular flexibility index (Phi) is 5.05. The SMILES string of the molecule is CC(C)CC(C)(C)C(=O)NCc1nc(C(=O)O)cs1. The van der Waals surface area contributed by atoms with Crippen molar-refractivity contribution in [1.82, 2.24) is 10.3 Å². The number of carboxylic acids is 1. The van der Waals surface area contributed by atoms with E-state index in [2.05, 4.69) is 24.1 Å². The molecule has 0 aromatic carbocycles. The van der Waals surface area contributed by atoms with Crippen LogP contribution in [0.5, 0.6) is 0 Å². The normalized spacial score (nSPS) is 11.6. The van der Waals surface area contributed by atoms with Gasteiger partial charge in [-0.25, -0.2) is 9.78 Å². The van der Waals surface area contributed by atoms with Gasteiger partial charge >= 0.3 is 5.97 Å². The quantitative estimate of drug-likeness (QED) is 0.841. The molecule has 0 saturated heterocycles. The predicted molar refractivity (Wildman–Crippen MR) is 74.2 cm³/mol. The minimum atomic E-state index is -1.05. The predicted octanol–water partition coefficient (Wildman–Crippen LogP) is 2.53. The molecule has 0 aliphatic heterocycles. The molecule has 19 heavy (non-hydrogen) atoms. The van der Waals surface area contributed by atoms with Gasteiger partial charge in [-0.05, 0) is 12.3 Å². The highest BCUT2D eigenvalue weighted by atomic mass is 32.1. The van der Waals surface area contributed by atoms with Gasteiger partial charge in [0.1, 0.15) is 5.01 Å². The zero-order valence-corrected chi connectivity index (χ0v) is 12.5. The zero-order chi connectivity index (χ0) is 14.6. The largest absolute Gasteiger partial charge is 0.476 e. The molecule has 1 amide bonds. The van der Waals surface area contributed by atoms with E-state index in [0.29, 0.717) is 10.9 Å². The minimum absolute atomic E-state index is 0.0238. The summed E-state index contributed by atoms with van der Waals surface area (Å²) >= 11 is 1.24. The average molecular weight is 284 g/mol. The smallest absolute Gasteiger partial charge is 0.355 e. The van der Waals surface area contributed by atoms with Gasteiger partial charge < -0.3 is 10.4 Å². The molecule has 1 heterocycles. The highest BCUT2D eigenvalue weighted by molar-refractivity contribution is 7.09. The molecule has 0 saturated carbocycles. The van der Waals surface area contributed by atoms with Gasteiger partial charge in [-0.2, -0.15) is 0 Å². The number of amides is 1. The fourth-order valence-electron chi connectivity index (χ4n) is 2.00. The lowest BCUT2D eigenvalue weighted by Crippen LogP contribution is -2.37. The summed E-state index contributed by atoms with van der Waals surface area (Å²) in [7, 11) is 0. The molecule has 1 aromatic rings. The third kappa shape index (κ3) is 4.63. The van der Waals surface area contributed by atoms with Gasteiger partial charge in [-0.1, -0.05) is 27.7 Å². The van der Waals surface area contributed by atoms with E-state index in [9.17, 15) is 9.59 Å². The van der Waals surface area contributed by atoms with Crippen molar-refractivity contribution in [3.8, 4) is 0 Å². The highest BCUT2D eigenvalue weighted by Crippen LogP contribution is 2.25. The van der Waals surface area contributed by atoms with Crippen molar-refractivity contribution < 1.29 is 14.7 Å². The molecule has 2 N–H and O–H groups in total. The molecule has 0 atom stereocenters. The lowest BCUT2D eigenvalue weighted by atomic mass is 9.83. The van der Waals surface area contributed by atoms with Crippen LogP contribution in [0.2, 0.25) is 0 Å². The molecular weight excluding hydrogens is 264 g/mol. The first-order chi connectivity index (χ1) is 8.72. The topological polar surface area (TPSA) is 79.3 Å². The van der Waals surface area contributed by atoms with Crippen LogP contribution in [0, 0.1) is 11.3 Å². The Morgan fingerprint density at radius 3 is 2.58 bits per heavy atom. The van der Waals surface area contributed by atoms with Crippen molar-refractivity contribution in [2.24, 2.45) is 11.3 Å². The van der Waals surface area contributed by atoms with Crippen LogP contribution >= 0.6 is 11.3 Å². The molecule has 0 aliphatic rings. The molecule has 0 fully saturated rings. The second-order valence-corrected chi connectivity index (χ2v) is 6.54. The monoisotopic (exact) mass is 284 g/mol. The summed E-state index contributed by atoms with van der Waals surface area (Å²) in [5.41, 5.74) is -0.406. The van der Waals surface area contributed by atoms with Crippen LogP contribution in [0.25, 0.3) is 0 Å². The number of carboxylic acid groups (broad SMARTS) is 1. The second-order valence-electron chi connectivity index (χ2n) is 5.60. The molecule has 1 rings (SSSR count). The van der Waals surface area contributed by atoms with Crippen molar-refractivity contribution in [1.29, 1.82) is 0 Å². The Morgan fingerprint density at radius 2 is 2.11 bits per heavy atom. The van der Waals surface area contributed by atoms with E-state index in [0.717, 1.165) is 6.42 Å². The van der Waals surface area contributed by atoms with Gasteiger partial charge in [0.2, 0.25) is 5.91 Å². The first-order valence-electron chi connectivity index (χ1n) is 6.18. The van der Waals surface area contributed by atoms with Crippen molar-refractivity contribution in [3.63, 3.8) is 0 Å². The number of nitrogens with one attached hydrogen (secondary N) is 1. The molecule has 6 heteroatoms. The van der Waals surface area contributed by atoms with Crippen LogP contribution in [0.3, 0.4) is 0 Å². The summed E-state index contributed by atoms with van der Waals surface area (Å²) in [5, 5.41) is 13.7. The maximum Gasteiger partial charge on any atom is 0.355 e. The van der Waals surface area contributed by atoms with E-state index in [4.69, 9.17) is 5.11 Å². The van der Waals surface area contributed by atoms with E-state index in [1.807, 2.05) is 13.8 Å². The van der Waals surface area contributed by atoms with Crippen molar-refractivity contribution in [2.45, 2.75) is 40.7 Å². The summed E-state index contributed by atoms with van der Waals surface area (Å²) in [6.45, 7) is 8.25. The Balaban J connectivity index is 2.56. The van der Waals surface area contributed by atoms with Crippen LogP contribution in [0.4, 0.5) is 0 Å². The van der Waals surface area contributed by atoms with Crippen LogP contribution in [0.15, 0.2) is 5.38 Å². The van der Waals surface area contributed by atoms with Gasteiger partial charge in [0.15, 0.2) is 5.69 Å². The second kappa shape index (κ2) is 6.14. The number of rotatable bonds is 6. The standard InChI is InChI=1S/C13H20N2O3S/c1-8(2)5-13(3,4)12(18)14-6-10-15-9(7-19-10)11(16)17/h7-8H,5-6H2,1-4H3,(H,14,18)(H,16,17). The number of carbonyl (C=O) groups is 2. The van der Waals surface area contributed by atoms with Gasteiger partial charge in [0, 0.05) is 10.8 Å². The maximum absolute atomic E-state index is 12.1. The number of hydrogen-bond donors (Lipinski definition) is 2. The zero-order valence-electron chi connectivity index (χ0n) is 11.7. The fraction of sp³-hybridized carbons (Fsp3) is 0.615. The number of nitrogens with zero attached hydrogens (tertiary/aromatic N) is 1. The molecule has 0 spiro atoms. The van der Waals surface area contributed by atoms with Gasteiger partial charge in [0.05, 0.1) is 6.54 Å². The first kappa shape index (κ1) is 15.6. The number of aromatic carboxylic acids is 1. The minimum Gasteiger partial charge on any atom is -0.476 e. The number of carbonyl (C=O) groups excluding carboxylic acids is 1. The summed E-state index contributed by atoms with van der Waals surface area (Å²) in [6, 6.07) is 0. The van der Waals surface area contributed by atoms with Gasteiger partial charge in [-0.3, -0.25) is 4.79 Å². The lowest BCUT2D eigenvalue weighted by Gasteiger charge is -2.25. The number of aromatic nitrogens is 1. The summed E-state index contributed by atoms with van der Waals surface area (Å²) < 4.78 is 0. The van der Waals surface area contributed by atoms with Crippen molar-refractivity contribution in [2.75, 3.05) is 0 Å². The maximum atomic E-state index is 12.1. The van der Waals surface area contributed by atoms with Crippen LogP contribution in [-0.2, 0) is 11.3 Å². The van der Waals surface area contributed by atoms with E-state index in [1.165, 1.54) is 16.7 Å². The highest BCUT2D eigenvalue weighted by Gasteiger charge is 2.28. The van der Waals surface area contributed by atoms with Gasteiger partial charge in [0.25, 0.3) is 0 Å². The summed E-state index contributed by atoms with van der Waals surface area (Å²) in [4.78, 5) is 26.7. The Bertz CT molecular complexity index is 466. The van der Waals surface area contributed by atoms with E-state index in [1.54, 1.807) is 0 Å². The van der Waals surface area contributed by atoms with Gasteiger partial charge in [-0.15, -0.1) is 11.3 Å². The van der Waals surface area contributed by atoms with E-state index >= 15 is 0 Å². The van der Waals surface area contributed by atoms with Crippen LogP contribution in [0.1, 0.15) is 49.6 Å². The van der Waals surface area contributed by atoms with E-state index in [-0.39, 0.29) is 18.1 Å². The third-order valence-electron chi connectivity index (χ3n) is 2.70. The number of thiazole rings is 1. The van der Waals surface area contributed by atoms with E-state index < -0.39 is 11.4 Å². The third-order valence-corrected chi connectivity index (χ3v) is 3.55. The molecule has 5 nitrogen and oxygen atoms in total. The molecule has 0 aliphatic carbocycles. The summed E-state index contributed by atoms with van der Waals surface area (Å²) in [5.74, 6) is -0.638. The fourth-order valence-corrected chi connectivity index (χ4v) is 2.71. The average Bonchev–Trinajstić information content (AvgIpc) is 2.72. The molecule has 1 aromatic heterocycles. The molecular formula is C13H20N2O3S. The van der Waals surface area contributed by atoms with Crippen LogP contribution in [-0.4, -0.2) is 22.0 Å². The molecule has 0 unspecified atom stereocenters. The first-order valence-corrected chi connectivity index (χ1v) is 7.06. The van der Waals surface area contributed by atoms with Crippen molar-refractivity contribution >= 4 is 23.2 Å². The lowest BCUT2D eigenvalue weighted by molar-refractivity contribution is -0.130.